The number of hydrogen-bond donors (Lipinski definition) is 2. The fourth-order valence-electron chi connectivity index (χ4n) is 2.89. The molecule has 7 nitrogen and oxygen atoms in total. The maximum atomic E-state index is 12.7. The molecule has 0 spiro atoms. The number of amides is 2. The molecule has 0 saturated carbocycles. The van der Waals surface area contributed by atoms with Gasteiger partial charge in [0.15, 0.2) is 0 Å². The Morgan fingerprint density at radius 3 is 2.36 bits per heavy atom. The number of thioether (sulfide) groups is 1. The highest BCUT2D eigenvalue weighted by molar-refractivity contribution is 8.00. The van der Waals surface area contributed by atoms with Crippen LogP contribution < -0.4 is 10.6 Å². The van der Waals surface area contributed by atoms with Gasteiger partial charge in [-0.15, -0.1) is 11.8 Å². The molecule has 0 aliphatic rings. The summed E-state index contributed by atoms with van der Waals surface area (Å²) >= 11 is 13.3. The lowest BCUT2D eigenvalue weighted by molar-refractivity contribution is -0.384. The van der Waals surface area contributed by atoms with Crippen molar-refractivity contribution >= 4 is 63.8 Å². The van der Waals surface area contributed by atoms with Crippen LogP contribution in [0.15, 0.2) is 71.6 Å². The van der Waals surface area contributed by atoms with Gasteiger partial charge in [-0.3, -0.25) is 19.7 Å². The van der Waals surface area contributed by atoms with Crippen LogP contribution in [-0.2, 0) is 4.79 Å². The van der Waals surface area contributed by atoms with Gasteiger partial charge in [-0.05, 0) is 55.0 Å². The third kappa shape index (κ3) is 6.71. The summed E-state index contributed by atoms with van der Waals surface area (Å²) in [5, 5.41) is 16.6. The molecule has 0 aromatic heterocycles. The Bertz CT molecular complexity index is 1190. The number of anilines is 2. The van der Waals surface area contributed by atoms with Gasteiger partial charge in [0.1, 0.15) is 0 Å². The molecule has 0 fully saturated rings. The van der Waals surface area contributed by atoms with Crippen LogP contribution in [0.3, 0.4) is 0 Å². The van der Waals surface area contributed by atoms with E-state index in [1.165, 1.54) is 42.1 Å². The average molecular weight is 504 g/mol. The first kappa shape index (κ1) is 24.6. The van der Waals surface area contributed by atoms with Crippen LogP contribution >= 0.6 is 35.0 Å². The number of carbonyl (C=O) groups is 2. The first-order valence-corrected chi connectivity index (χ1v) is 11.5. The molecular formula is C23H19Cl2N3O4S. The zero-order valence-corrected chi connectivity index (χ0v) is 19.7. The van der Waals surface area contributed by atoms with Gasteiger partial charge in [-0.1, -0.05) is 36.2 Å². The normalized spacial score (nSPS) is 11.5. The van der Waals surface area contributed by atoms with Gasteiger partial charge in [0, 0.05) is 33.4 Å². The van der Waals surface area contributed by atoms with Gasteiger partial charge in [0.2, 0.25) is 5.91 Å². The van der Waals surface area contributed by atoms with Crippen molar-refractivity contribution in [3.8, 4) is 0 Å². The molecule has 2 amide bonds. The second-order valence-electron chi connectivity index (χ2n) is 6.91. The molecule has 3 aromatic carbocycles. The fourth-order valence-corrected chi connectivity index (χ4v) is 4.40. The van der Waals surface area contributed by atoms with Crippen molar-refractivity contribution in [2.24, 2.45) is 0 Å². The Hall–Kier alpha value is -3.07. The van der Waals surface area contributed by atoms with Crippen molar-refractivity contribution in [1.29, 1.82) is 0 Å². The minimum absolute atomic E-state index is 0.0480. The van der Waals surface area contributed by atoms with E-state index >= 15 is 0 Å². The number of benzene rings is 3. The molecule has 170 valence electrons. The second kappa shape index (κ2) is 11.2. The lowest BCUT2D eigenvalue weighted by Gasteiger charge is -2.15. The fraction of sp³-hybridized carbons (Fsp3) is 0.130. The lowest BCUT2D eigenvalue weighted by Crippen LogP contribution is -2.24. The van der Waals surface area contributed by atoms with E-state index in [1.54, 1.807) is 30.3 Å². The largest absolute Gasteiger partial charge is 0.325 e. The molecule has 3 aromatic rings. The van der Waals surface area contributed by atoms with Crippen molar-refractivity contribution < 1.29 is 14.5 Å². The molecule has 0 heterocycles. The highest BCUT2D eigenvalue weighted by Gasteiger charge is 2.19. The Balaban J connectivity index is 1.66. The van der Waals surface area contributed by atoms with E-state index in [1.807, 2.05) is 13.0 Å². The Labute approximate surface area is 204 Å². The molecule has 10 heteroatoms. The molecular weight excluding hydrogens is 485 g/mol. The van der Waals surface area contributed by atoms with Gasteiger partial charge in [-0.2, -0.15) is 0 Å². The molecule has 0 aliphatic carbocycles. The first-order chi connectivity index (χ1) is 15.8. The maximum Gasteiger partial charge on any atom is 0.269 e. The first-order valence-electron chi connectivity index (χ1n) is 9.85. The molecule has 1 atom stereocenters. The molecule has 2 N–H and O–H groups in total. The van der Waals surface area contributed by atoms with Crippen molar-refractivity contribution in [3.05, 3.63) is 92.5 Å². The third-order valence-electron chi connectivity index (χ3n) is 4.55. The number of nitrogens with one attached hydrogen (secondary N) is 2. The van der Waals surface area contributed by atoms with Crippen LogP contribution in [0.2, 0.25) is 10.0 Å². The summed E-state index contributed by atoms with van der Waals surface area (Å²) in [6.45, 7) is 1.89. The van der Waals surface area contributed by atoms with Crippen LogP contribution in [0.4, 0.5) is 17.1 Å². The number of non-ortho nitro benzene ring substituents is 1. The predicted molar refractivity (Wildman–Crippen MR) is 133 cm³/mol. The van der Waals surface area contributed by atoms with Gasteiger partial charge >= 0.3 is 0 Å². The summed E-state index contributed by atoms with van der Waals surface area (Å²) < 4.78 is 0. The van der Waals surface area contributed by atoms with Gasteiger partial charge in [-0.25, -0.2) is 0 Å². The standard InChI is InChI=1S/C23H19Cl2N3O4S/c1-2-21(23(30)26-15-7-9-17(10-8-15)28(31)32)33-18-5-3-4-16(13-18)27-22(29)19-11-6-14(24)12-20(19)25/h3-13,21H,2H2,1H3,(H,26,30)(H,27,29). The quantitative estimate of drug-likeness (QED) is 0.203. The smallest absolute Gasteiger partial charge is 0.269 e. The van der Waals surface area contributed by atoms with Crippen molar-refractivity contribution in [1.82, 2.24) is 0 Å². The van der Waals surface area contributed by atoms with Crippen molar-refractivity contribution in [2.75, 3.05) is 10.6 Å². The summed E-state index contributed by atoms with van der Waals surface area (Å²) in [5.74, 6) is -0.597. The molecule has 1 unspecified atom stereocenters. The highest BCUT2D eigenvalue weighted by atomic mass is 35.5. The Morgan fingerprint density at radius 1 is 1.00 bits per heavy atom. The molecule has 0 saturated heterocycles. The Kier molecular flexibility index (Phi) is 8.32. The number of carbonyl (C=O) groups excluding carboxylic acids is 2. The van der Waals surface area contributed by atoms with Crippen LogP contribution in [0.5, 0.6) is 0 Å². The predicted octanol–water partition coefficient (Wildman–Crippen LogP) is 6.66. The summed E-state index contributed by atoms with van der Waals surface area (Å²) in [7, 11) is 0. The second-order valence-corrected chi connectivity index (χ2v) is 9.03. The monoisotopic (exact) mass is 503 g/mol. The van der Waals surface area contributed by atoms with E-state index in [-0.39, 0.29) is 22.5 Å². The van der Waals surface area contributed by atoms with Crippen molar-refractivity contribution in [2.45, 2.75) is 23.5 Å². The number of nitrogens with zero attached hydrogens (tertiary/aromatic N) is 1. The summed E-state index contributed by atoms with van der Waals surface area (Å²) in [4.78, 5) is 36.3. The zero-order valence-electron chi connectivity index (χ0n) is 17.4. The van der Waals surface area contributed by atoms with Crippen molar-refractivity contribution in [3.63, 3.8) is 0 Å². The van der Waals surface area contributed by atoms with E-state index in [0.717, 1.165) is 4.90 Å². The molecule has 33 heavy (non-hydrogen) atoms. The van der Waals surface area contributed by atoms with Crippen LogP contribution in [0.1, 0.15) is 23.7 Å². The van der Waals surface area contributed by atoms with Gasteiger partial charge in [0.25, 0.3) is 11.6 Å². The summed E-state index contributed by atoms with van der Waals surface area (Å²) in [6.07, 6.45) is 0.556. The highest BCUT2D eigenvalue weighted by Crippen LogP contribution is 2.29. The number of nitro benzene ring substituents is 1. The zero-order chi connectivity index (χ0) is 24.0. The van der Waals surface area contributed by atoms with Crippen LogP contribution in [0.25, 0.3) is 0 Å². The summed E-state index contributed by atoms with van der Waals surface area (Å²) in [5.41, 5.74) is 1.29. The summed E-state index contributed by atoms with van der Waals surface area (Å²) in [6, 6.07) is 17.4. The van der Waals surface area contributed by atoms with E-state index in [4.69, 9.17) is 23.2 Å². The molecule has 0 aliphatic heterocycles. The van der Waals surface area contributed by atoms with Crippen LogP contribution in [-0.4, -0.2) is 22.0 Å². The molecule has 0 bridgehead atoms. The lowest BCUT2D eigenvalue weighted by atomic mass is 10.2. The SMILES string of the molecule is CCC(Sc1cccc(NC(=O)c2ccc(Cl)cc2Cl)c1)C(=O)Nc1ccc([N+](=O)[O-])cc1. The number of hydrogen-bond acceptors (Lipinski definition) is 5. The van der Waals surface area contributed by atoms with Gasteiger partial charge in [0.05, 0.1) is 20.8 Å². The minimum Gasteiger partial charge on any atom is -0.325 e. The Morgan fingerprint density at radius 2 is 1.73 bits per heavy atom. The molecule has 0 radical (unpaired) electrons. The minimum atomic E-state index is -0.497. The molecule has 3 rings (SSSR count). The maximum absolute atomic E-state index is 12.7. The number of rotatable bonds is 8. The van der Waals surface area contributed by atoms with E-state index in [2.05, 4.69) is 10.6 Å². The van der Waals surface area contributed by atoms with E-state index in [9.17, 15) is 19.7 Å². The number of nitro groups is 1. The van der Waals surface area contributed by atoms with E-state index in [0.29, 0.717) is 28.4 Å². The van der Waals surface area contributed by atoms with E-state index < -0.39 is 10.2 Å². The topological polar surface area (TPSA) is 101 Å². The number of halogens is 2. The van der Waals surface area contributed by atoms with Gasteiger partial charge < -0.3 is 10.6 Å². The van der Waals surface area contributed by atoms with Crippen LogP contribution in [0, 0.1) is 10.1 Å². The average Bonchev–Trinajstić information content (AvgIpc) is 2.78. The third-order valence-corrected chi connectivity index (χ3v) is 6.46.